The summed E-state index contributed by atoms with van der Waals surface area (Å²) in [6, 6.07) is 0. The zero-order valence-electron chi connectivity index (χ0n) is 15.2. The Kier molecular flexibility index (Phi) is 5.55. The first-order chi connectivity index (χ1) is 12.4. The van der Waals surface area contributed by atoms with Gasteiger partial charge in [-0.25, -0.2) is 9.78 Å². The molecule has 0 saturated carbocycles. The number of aryl methyl sites for hydroxylation is 1. The van der Waals surface area contributed by atoms with Crippen LogP contribution in [0.4, 0.5) is 4.79 Å². The molecule has 2 amide bonds. The summed E-state index contributed by atoms with van der Waals surface area (Å²) >= 11 is 1.43. The van der Waals surface area contributed by atoms with Crippen molar-refractivity contribution >= 4 is 23.3 Å². The van der Waals surface area contributed by atoms with E-state index in [0.717, 1.165) is 10.6 Å². The average molecular weight is 377 g/mol. The van der Waals surface area contributed by atoms with Crippen molar-refractivity contribution in [3.05, 3.63) is 23.5 Å². The standard InChI is InChI=1S/C17H23N5O3S/c1-12(2)10-25-17(24)22-6-4-21(5-7-22)16(23)14-11-26-15(19-14)13-8-18-20(3)9-13/h8-9,11-12H,4-7,10H2,1-3H3. The smallest absolute Gasteiger partial charge is 0.409 e. The molecule has 3 rings (SSSR count). The summed E-state index contributed by atoms with van der Waals surface area (Å²) < 4.78 is 6.95. The molecule has 1 saturated heterocycles. The van der Waals surface area contributed by atoms with Crippen LogP contribution in [0.15, 0.2) is 17.8 Å². The maximum absolute atomic E-state index is 12.7. The summed E-state index contributed by atoms with van der Waals surface area (Å²) in [4.78, 5) is 32.5. The Labute approximate surface area is 156 Å². The van der Waals surface area contributed by atoms with Crippen LogP contribution in [0.25, 0.3) is 10.6 Å². The maximum atomic E-state index is 12.7. The molecule has 0 atom stereocenters. The van der Waals surface area contributed by atoms with Gasteiger partial charge in [0.05, 0.1) is 12.8 Å². The lowest BCUT2D eigenvalue weighted by Gasteiger charge is -2.33. The minimum Gasteiger partial charge on any atom is -0.449 e. The van der Waals surface area contributed by atoms with Crippen LogP contribution in [0, 0.1) is 5.92 Å². The number of carbonyl (C=O) groups is 2. The Morgan fingerprint density at radius 2 is 1.92 bits per heavy atom. The Morgan fingerprint density at radius 3 is 2.54 bits per heavy atom. The highest BCUT2D eigenvalue weighted by Crippen LogP contribution is 2.23. The largest absolute Gasteiger partial charge is 0.449 e. The van der Waals surface area contributed by atoms with Gasteiger partial charge in [-0.15, -0.1) is 11.3 Å². The van der Waals surface area contributed by atoms with E-state index < -0.39 is 0 Å². The molecule has 26 heavy (non-hydrogen) atoms. The fraction of sp³-hybridized carbons (Fsp3) is 0.529. The van der Waals surface area contributed by atoms with E-state index in [1.54, 1.807) is 26.1 Å². The third kappa shape index (κ3) is 4.21. The molecule has 1 aliphatic rings. The number of carbonyl (C=O) groups excluding carboxylic acids is 2. The lowest BCUT2D eigenvalue weighted by Crippen LogP contribution is -2.50. The number of ether oxygens (including phenoxy) is 1. The summed E-state index contributed by atoms with van der Waals surface area (Å²) in [6.07, 6.45) is 3.29. The predicted octanol–water partition coefficient (Wildman–Crippen LogP) is 2.09. The summed E-state index contributed by atoms with van der Waals surface area (Å²) in [5.41, 5.74) is 1.33. The van der Waals surface area contributed by atoms with Crippen LogP contribution in [0.5, 0.6) is 0 Å². The third-order valence-electron chi connectivity index (χ3n) is 4.04. The van der Waals surface area contributed by atoms with Crippen molar-refractivity contribution in [2.45, 2.75) is 13.8 Å². The van der Waals surface area contributed by atoms with Gasteiger partial charge < -0.3 is 14.5 Å². The van der Waals surface area contributed by atoms with Crippen LogP contribution in [0.1, 0.15) is 24.3 Å². The van der Waals surface area contributed by atoms with Gasteiger partial charge in [0.25, 0.3) is 5.91 Å². The molecule has 0 unspecified atom stereocenters. The highest BCUT2D eigenvalue weighted by molar-refractivity contribution is 7.13. The van der Waals surface area contributed by atoms with Crippen LogP contribution >= 0.6 is 11.3 Å². The number of hydrogen-bond acceptors (Lipinski definition) is 6. The zero-order chi connectivity index (χ0) is 18.7. The minimum atomic E-state index is -0.307. The molecular weight excluding hydrogens is 354 g/mol. The van der Waals surface area contributed by atoms with Crippen molar-refractivity contribution in [3.8, 4) is 10.6 Å². The molecule has 3 heterocycles. The number of nitrogens with zero attached hydrogens (tertiary/aromatic N) is 5. The number of rotatable bonds is 4. The summed E-state index contributed by atoms with van der Waals surface area (Å²) in [7, 11) is 1.84. The average Bonchev–Trinajstić information content (AvgIpc) is 3.28. The third-order valence-corrected chi connectivity index (χ3v) is 4.93. The Bertz CT molecular complexity index is 777. The first-order valence-electron chi connectivity index (χ1n) is 8.59. The number of hydrogen-bond donors (Lipinski definition) is 0. The molecule has 0 aliphatic carbocycles. The summed E-state index contributed by atoms with van der Waals surface area (Å²) in [5.74, 6) is 0.201. The van der Waals surface area contributed by atoms with Gasteiger partial charge in [-0.3, -0.25) is 9.48 Å². The second-order valence-corrected chi connectivity index (χ2v) is 7.55. The molecule has 0 bridgehead atoms. The number of aromatic nitrogens is 3. The van der Waals surface area contributed by atoms with Gasteiger partial charge in [0.15, 0.2) is 0 Å². The van der Waals surface area contributed by atoms with Crippen LogP contribution < -0.4 is 0 Å². The lowest BCUT2D eigenvalue weighted by atomic mass is 10.2. The summed E-state index contributed by atoms with van der Waals surface area (Å²) in [6.45, 7) is 6.32. The number of piperazine rings is 1. The molecule has 1 fully saturated rings. The lowest BCUT2D eigenvalue weighted by molar-refractivity contribution is 0.0532. The number of amides is 2. The molecule has 0 aromatic carbocycles. The van der Waals surface area contributed by atoms with E-state index in [9.17, 15) is 9.59 Å². The van der Waals surface area contributed by atoms with Gasteiger partial charge in [0.2, 0.25) is 0 Å². The SMILES string of the molecule is CC(C)COC(=O)N1CCN(C(=O)c2csc(-c3cnn(C)c3)n2)CC1. The molecule has 1 aliphatic heterocycles. The van der Waals surface area contributed by atoms with E-state index >= 15 is 0 Å². The van der Waals surface area contributed by atoms with Crippen LogP contribution in [-0.4, -0.2) is 69.4 Å². The second-order valence-electron chi connectivity index (χ2n) is 6.69. The quantitative estimate of drug-likeness (QED) is 0.815. The molecule has 2 aromatic heterocycles. The van der Waals surface area contributed by atoms with Crippen molar-refractivity contribution in [2.24, 2.45) is 13.0 Å². The Morgan fingerprint density at radius 1 is 1.23 bits per heavy atom. The van der Waals surface area contributed by atoms with E-state index in [-0.39, 0.29) is 12.0 Å². The molecule has 0 N–H and O–H groups in total. The number of thiazole rings is 1. The highest BCUT2D eigenvalue weighted by atomic mass is 32.1. The maximum Gasteiger partial charge on any atom is 0.409 e. The molecule has 140 valence electrons. The van der Waals surface area contributed by atoms with Crippen molar-refractivity contribution in [1.82, 2.24) is 24.6 Å². The van der Waals surface area contributed by atoms with Crippen LogP contribution in [0.2, 0.25) is 0 Å². The molecule has 9 heteroatoms. The van der Waals surface area contributed by atoms with Gasteiger partial charge in [-0.05, 0) is 5.92 Å². The van der Waals surface area contributed by atoms with Crippen LogP contribution in [0.3, 0.4) is 0 Å². The van der Waals surface area contributed by atoms with E-state index in [1.165, 1.54) is 11.3 Å². The van der Waals surface area contributed by atoms with E-state index in [0.29, 0.717) is 44.4 Å². The fourth-order valence-corrected chi connectivity index (χ4v) is 3.39. The van der Waals surface area contributed by atoms with Gasteiger partial charge in [-0.1, -0.05) is 13.8 Å². The van der Waals surface area contributed by atoms with Gasteiger partial charge >= 0.3 is 6.09 Å². The first kappa shape index (κ1) is 18.4. The van der Waals surface area contributed by atoms with Crippen molar-refractivity contribution in [3.63, 3.8) is 0 Å². The highest BCUT2D eigenvalue weighted by Gasteiger charge is 2.27. The molecule has 0 radical (unpaired) electrons. The van der Waals surface area contributed by atoms with Crippen LogP contribution in [-0.2, 0) is 11.8 Å². The summed E-state index contributed by atoms with van der Waals surface area (Å²) in [5, 5.41) is 6.67. The van der Waals surface area contributed by atoms with Crippen molar-refractivity contribution in [1.29, 1.82) is 0 Å². The van der Waals surface area contributed by atoms with E-state index in [4.69, 9.17) is 4.74 Å². The molecule has 2 aromatic rings. The minimum absolute atomic E-state index is 0.105. The Hall–Kier alpha value is -2.42. The normalized spacial score (nSPS) is 14.8. The first-order valence-corrected chi connectivity index (χ1v) is 9.47. The topological polar surface area (TPSA) is 80.6 Å². The Balaban J connectivity index is 1.55. The molecular formula is C17H23N5O3S. The van der Waals surface area contributed by atoms with E-state index in [2.05, 4.69) is 10.1 Å². The zero-order valence-corrected chi connectivity index (χ0v) is 16.0. The van der Waals surface area contributed by atoms with E-state index in [1.807, 2.05) is 27.1 Å². The molecule has 0 spiro atoms. The second kappa shape index (κ2) is 7.86. The van der Waals surface area contributed by atoms with Crippen molar-refractivity contribution < 1.29 is 14.3 Å². The van der Waals surface area contributed by atoms with Crippen molar-refractivity contribution in [2.75, 3.05) is 32.8 Å². The van der Waals surface area contributed by atoms with Gasteiger partial charge in [0, 0.05) is 50.4 Å². The van der Waals surface area contributed by atoms with Gasteiger partial charge in [0.1, 0.15) is 10.7 Å². The predicted molar refractivity (Wildman–Crippen MR) is 98.0 cm³/mol. The fourth-order valence-electron chi connectivity index (χ4n) is 2.62. The monoisotopic (exact) mass is 377 g/mol. The van der Waals surface area contributed by atoms with Gasteiger partial charge in [-0.2, -0.15) is 5.10 Å². The molecule has 8 nitrogen and oxygen atoms in total.